The fourth-order valence-corrected chi connectivity index (χ4v) is 2.31. The number of aromatic nitrogens is 1. The average Bonchev–Trinajstić information content (AvgIpc) is 2.82. The summed E-state index contributed by atoms with van der Waals surface area (Å²) in [6.07, 6.45) is 0. The van der Waals surface area contributed by atoms with Crippen LogP contribution in [0.2, 0.25) is 5.02 Å². The summed E-state index contributed by atoms with van der Waals surface area (Å²) in [5.74, 6) is -0.365. The van der Waals surface area contributed by atoms with Crippen LogP contribution in [0.1, 0.15) is 0 Å². The lowest BCUT2D eigenvalue weighted by Crippen LogP contribution is -1.89. The average molecular weight is 307 g/mol. The van der Waals surface area contributed by atoms with Crippen molar-refractivity contribution in [3.63, 3.8) is 0 Å². The summed E-state index contributed by atoms with van der Waals surface area (Å²) < 4.78 is 31.4. The monoisotopic (exact) mass is 306 g/mol. The molecule has 21 heavy (non-hydrogen) atoms. The van der Waals surface area contributed by atoms with Crippen molar-refractivity contribution in [3.05, 3.63) is 59.1 Å². The lowest BCUT2D eigenvalue weighted by Gasteiger charge is -2.05. The first-order valence-electron chi connectivity index (χ1n) is 6.03. The number of hydrogen-bond acceptors (Lipinski definition) is 3. The molecular formula is C15H9ClF2N2O. The Morgan fingerprint density at radius 3 is 2.33 bits per heavy atom. The van der Waals surface area contributed by atoms with Crippen LogP contribution in [-0.2, 0) is 0 Å². The number of nitrogens with two attached hydrogens (primary N) is 1. The number of halogens is 3. The lowest BCUT2D eigenvalue weighted by molar-refractivity contribution is 0.436. The number of nitrogen functional groups attached to an aromatic ring is 1. The largest absolute Gasteiger partial charge is 0.380 e. The summed E-state index contributed by atoms with van der Waals surface area (Å²) in [5.41, 5.74) is 7.39. The summed E-state index contributed by atoms with van der Waals surface area (Å²) >= 11 is 6.03. The van der Waals surface area contributed by atoms with Crippen LogP contribution < -0.4 is 5.73 Å². The van der Waals surface area contributed by atoms with Crippen molar-refractivity contribution in [2.45, 2.75) is 0 Å². The van der Waals surface area contributed by atoms with Gasteiger partial charge in [-0.1, -0.05) is 28.9 Å². The Balaban J connectivity index is 2.19. The summed E-state index contributed by atoms with van der Waals surface area (Å²) in [6, 6.07) is 9.62. The fourth-order valence-electron chi connectivity index (χ4n) is 2.06. The molecule has 0 fully saturated rings. The zero-order chi connectivity index (χ0) is 15.0. The van der Waals surface area contributed by atoms with E-state index in [1.54, 1.807) is 12.1 Å². The zero-order valence-electron chi connectivity index (χ0n) is 10.6. The van der Waals surface area contributed by atoms with Crippen LogP contribution >= 0.6 is 11.6 Å². The predicted molar refractivity (Wildman–Crippen MR) is 76.7 cm³/mol. The number of nitrogens with zero attached hydrogens (tertiary/aromatic N) is 1. The molecule has 106 valence electrons. The van der Waals surface area contributed by atoms with Gasteiger partial charge in [0.15, 0.2) is 11.6 Å². The van der Waals surface area contributed by atoms with Gasteiger partial charge in [0, 0.05) is 5.56 Å². The van der Waals surface area contributed by atoms with Crippen LogP contribution in [0.15, 0.2) is 47.0 Å². The highest BCUT2D eigenvalue weighted by molar-refractivity contribution is 6.33. The molecule has 3 rings (SSSR count). The minimum absolute atomic E-state index is 0.150. The van der Waals surface area contributed by atoms with E-state index in [0.29, 0.717) is 22.5 Å². The molecule has 0 radical (unpaired) electrons. The molecule has 2 N–H and O–H groups in total. The van der Waals surface area contributed by atoms with E-state index in [-0.39, 0.29) is 16.7 Å². The maximum absolute atomic E-state index is 13.1. The Kier molecular flexibility index (Phi) is 3.35. The molecule has 0 bridgehead atoms. The van der Waals surface area contributed by atoms with E-state index in [1.807, 2.05) is 0 Å². The summed E-state index contributed by atoms with van der Waals surface area (Å²) in [5, 5.41) is 3.89. The minimum atomic E-state index is -0.459. The third-order valence-corrected chi connectivity index (χ3v) is 3.34. The molecule has 0 aliphatic carbocycles. The zero-order valence-corrected chi connectivity index (χ0v) is 11.4. The minimum Gasteiger partial charge on any atom is -0.380 e. The standard InChI is InChI=1S/C15H9ClF2N2O/c16-12-7-10(18)5-6-11(12)14-13(15(19)20-21-14)8-1-3-9(17)4-2-8/h1-7H,(H2,19,20). The molecule has 0 saturated heterocycles. The molecular weight excluding hydrogens is 298 g/mol. The maximum Gasteiger partial charge on any atom is 0.178 e. The van der Waals surface area contributed by atoms with E-state index in [4.69, 9.17) is 21.9 Å². The van der Waals surface area contributed by atoms with Gasteiger partial charge in [0.1, 0.15) is 11.6 Å². The number of anilines is 1. The second kappa shape index (κ2) is 5.18. The first kappa shape index (κ1) is 13.6. The van der Waals surface area contributed by atoms with Crippen LogP contribution in [-0.4, -0.2) is 5.16 Å². The topological polar surface area (TPSA) is 52.0 Å². The van der Waals surface area contributed by atoms with Crippen LogP contribution in [0.4, 0.5) is 14.6 Å². The Hall–Kier alpha value is -2.40. The van der Waals surface area contributed by atoms with E-state index in [1.165, 1.54) is 30.3 Å². The van der Waals surface area contributed by atoms with Gasteiger partial charge < -0.3 is 10.3 Å². The van der Waals surface area contributed by atoms with Gasteiger partial charge in [-0.05, 0) is 35.9 Å². The van der Waals surface area contributed by atoms with Gasteiger partial charge in [-0.25, -0.2) is 8.78 Å². The highest BCUT2D eigenvalue weighted by Crippen LogP contribution is 2.39. The van der Waals surface area contributed by atoms with E-state index >= 15 is 0 Å². The van der Waals surface area contributed by atoms with Crippen molar-refractivity contribution in [1.82, 2.24) is 5.16 Å². The molecule has 0 amide bonds. The van der Waals surface area contributed by atoms with Gasteiger partial charge in [0.05, 0.1) is 10.6 Å². The van der Waals surface area contributed by atoms with Crippen molar-refractivity contribution in [1.29, 1.82) is 0 Å². The first-order valence-corrected chi connectivity index (χ1v) is 6.40. The Morgan fingerprint density at radius 1 is 1.00 bits per heavy atom. The van der Waals surface area contributed by atoms with E-state index in [0.717, 1.165) is 0 Å². The smallest absolute Gasteiger partial charge is 0.178 e. The summed E-state index contributed by atoms with van der Waals surface area (Å²) in [4.78, 5) is 0. The Bertz CT molecular complexity index is 800. The van der Waals surface area contributed by atoms with Gasteiger partial charge in [-0.15, -0.1) is 0 Å². The van der Waals surface area contributed by atoms with Crippen molar-refractivity contribution < 1.29 is 13.3 Å². The van der Waals surface area contributed by atoms with Crippen LogP contribution in [0.5, 0.6) is 0 Å². The normalized spacial score (nSPS) is 10.8. The van der Waals surface area contributed by atoms with Crippen LogP contribution in [0.25, 0.3) is 22.5 Å². The summed E-state index contributed by atoms with van der Waals surface area (Å²) in [6.45, 7) is 0. The van der Waals surface area contributed by atoms with Crippen LogP contribution in [0, 0.1) is 11.6 Å². The van der Waals surface area contributed by atoms with Crippen LogP contribution in [0.3, 0.4) is 0 Å². The predicted octanol–water partition coefficient (Wildman–Crippen LogP) is 4.52. The molecule has 3 nitrogen and oxygen atoms in total. The molecule has 3 aromatic rings. The number of hydrogen-bond donors (Lipinski definition) is 1. The van der Waals surface area contributed by atoms with Gasteiger partial charge in [0.25, 0.3) is 0 Å². The second-order valence-corrected chi connectivity index (χ2v) is 4.81. The van der Waals surface area contributed by atoms with E-state index in [2.05, 4.69) is 5.16 Å². The summed E-state index contributed by atoms with van der Waals surface area (Å²) in [7, 11) is 0. The van der Waals surface area contributed by atoms with E-state index in [9.17, 15) is 8.78 Å². The van der Waals surface area contributed by atoms with Gasteiger partial charge in [-0.2, -0.15) is 0 Å². The molecule has 0 atom stereocenters. The fraction of sp³-hybridized carbons (Fsp3) is 0. The SMILES string of the molecule is Nc1noc(-c2ccc(F)cc2Cl)c1-c1ccc(F)cc1. The molecule has 1 heterocycles. The molecule has 0 saturated carbocycles. The number of rotatable bonds is 2. The maximum atomic E-state index is 13.1. The Labute approximate surface area is 123 Å². The van der Waals surface area contributed by atoms with Gasteiger partial charge in [-0.3, -0.25) is 0 Å². The van der Waals surface area contributed by atoms with Crippen molar-refractivity contribution in [2.24, 2.45) is 0 Å². The molecule has 0 aliphatic rings. The van der Waals surface area contributed by atoms with Crippen molar-refractivity contribution >= 4 is 17.4 Å². The third kappa shape index (κ3) is 2.48. The molecule has 2 aromatic carbocycles. The van der Waals surface area contributed by atoms with Crippen molar-refractivity contribution in [3.8, 4) is 22.5 Å². The van der Waals surface area contributed by atoms with Gasteiger partial charge >= 0.3 is 0 Å². The molecule has 6 heteroatoms. The van der Waals surface area contributed by atoms with E-state index < -0.39 is 5.82 Å². The number of benzene rings is 2. The highest BCUT2D eigenvalue weighted by atomic mass is 35.5. The quantitative estimate of drug-likeness (QED) is 0.757. The van der Waals surface area contributed by atoms with Crippen molar-refractivity contribution in [2.75, 3.05) is 5.73 Å². The highest BCUT2D eigenvalue weighted by Gasteiger charge is 2.20. The van der Waals surface area contributed by atoms with Gasteiger partial charge in [0.2, 0.25) is 0 Å². The molecule has 0 spiro atoms. The second-order valence-electron chi connectivity index (χ2n) is 4.40. The molecule has 0 aliphatic heterocycles. The Morgan fingerprint density at radius 2 is 1.67 bits per heavy atom. The first-order chi connectivity index (χ1) is 10.1. The molecule has 0 unspecified atom stereocenters. The lowest BCUT2D eigenvalue weighted by atomic mass is 10.0. The third-order valence-electron chi connectivity index (χ3n) is 3.03. The molecule has 1 aromatic heterocycles.